The molecule has 1 unspecified atom stereocenters. The Labute approximate surface area is 175 Å². The van der Waals surface area contributed by atoms with E-state index in [1.807, 2.05) is 32.0 Å². The van der Waals surface area contributed by atoms with Crippen molar-refractivity contribution in [1.29, 1.82) is 0 Å². The number of hydrogen-bond donors (Lipinski definition) is 2. The van der Waals surface area contributed by atoms with Gasteiger partial charge in [-0.1, -0.05) is 19.9 Å². The van der Waals surface area contributed by atoms with Gasteiger partial charge in [0.25, 0.3) is 5.91 Å². The summed E-state index contributed by atoms with van der Waals surface area (Å²) in [5, 5.41) is 5.68. The van der Waals surface area contributed by atoms with Crippen molar-refractivity contribution < 1.29 is 28.5 Å². The van der Waals surface area contributed by atoms with Crippen LogP contribution >= 0.6 is 0 Å². The summed E-state index contributed by atoms with van der Waals surface area (Å²) >= 11 is 0. The largest absolute Gasteiger partial charge is 0.497 e. The molecule has 0 aliphatic carbocycles. The van der Waals surface area contributed by atoms with Gasteiger partial charge < -0.3 is 29.6 Å². The van der Waals surface area contributed by atoms with E-state index in [2.05, 4.69) is 10.6 Å². The molecule has 1 heterocycles. The molecule has 0 saturated heterocycles. The first-order valence-electron chi connectivity index (χ1n) is 9.61. The second-order valence-corrected chi connectivity index (χ2v) is 7.20. The van der Waals surface area contributed by atoms with Gasteiger partial charge in [-0.25, -0.2) is 0 Å². The standard InChI is InChI=1S/C22H26N2O6/c1-13(2)20(24-21(25)15-8-16(27-3)10-17(9-15)28-4)22(26)23-11-14-5-6-18-19(7-14)30-12-29-18/h5-10,13,20H,11-12H2,1-4H3,(H,23,26)(H,24,25). The summed E-state index contributed by atoms with van der Waals surface area (Å²) in [5.41, 5.74) is 1.22. The minimum atomic E-state index is -0.705. The van der Waals surface area contributed by atoms with Crippen LogP contribution in [0.25, 0.3) is 0 Å². The summed E-state index contributed by atoms with van der Waals surface area (Å²) in [4.78, 5) is 25.5. The van der Waals surface area contributed by atoms with E-state index in [4.69, 9.17) is 18.9 Å². The van der Waals surface area contributed by atoms with Crippen LogP contribution in [0.5, 0.6) is 23.0 Å². The molecule has 160 valence electrons. The minimum absolute atomic E-state index is 0.113. The lowest BCUT2D eigenvalue weighted by Crippen LogP contribution is -2.49. The number of rotatable bonds is 8. The molecule has 2 aromatic carbocycles. The lowest BCUT2D eigenvalue weighted by molar-refractivity contribution is -0.124. The highest BCUT2D eigenvalue weighted by Gasteiger charge is 2.25. The van der Waals surface area contributed by atoms with E-state index < -0.39 is 6.04 Å². The summed E-state index contributed by atoms with van der Waals surface area (Å²) in [6.45, 7) is 4.25. The number of carbonyl (C=O) groups is 2. The normalized spacial score (nSPS) is 13.0. The fourth-order valence-electron chi connectivity index (χ4n) is 3.05. The third-order valence-corrected chi connectivity index (χ3v) is 4.75. The van der Waals surface area contributed by atoms with E-state index in [0.717, 1.165) is 5.56 Å². The van der Waals surface area contributed by atoms with Gasteiger partial charge in [0.15, 0.2) is 11.5 Å². The number of amides is 2. The van der Waals surface area contributed by atoms with E-state index in [-0.39, 0.29) is 24.5 Å². The molecule has 2 N–H and O–H groups in total. The first-order valence-corrected chi connectivity index (χ1v) is 9.61. The van der Waals surface area contributed by atoms with Gasteiger partial charge in [0.1, 0.15) is 17.5 Å². The van der Waals surface area contributed by atoms with Crippen molar-refractivity contribution in [2.45, 2.75) is 26.4 Å². The molecule has 1 aliphatic rings. The number of nitrogens with one attached hydrogen (secondary N) is 2. The van der Waals surface area contributed by atoms with Crippen molar-refractivity contribution in [2.24, 2.45) is 5.92 Å². The van der Waals surface area contributed by atoms with Gasteiger partial charge in [-0.2, -0.15) is 0 Å². The number of ether oxygens (including phenoxy) is 4. The van der Waals surface area contributed by atoms with Crippen LogP contribution in [-0.4, -0.2) is 38.9 Å². The fraction of sp³-hybridized carbons (Fsp3) is 0.364. The van der Waals surface area contributed by atoms with Gasteiger partial charge >= 0.3 is 0 Å². The third-order valence-electron chi connectivity index (χ3n) is 4.75. The Morgan fingerprint density at radius 2 is 1.67 bits per heavy atom. The molecular weight excluding hydrogens is 388 g/mol. The van der Waals surface area contributed by atoms with Crippen molar-refractivity contribution in [3.05, 3.63) is 47.5 Å². The van der Waals surface area contributed by atoms with Gasteiger partial charge in [-0.15, -0.1) is 0 Å². The first kappa shape index (κ1) is 21.3. The molecule has 0 fully saturated rings. The van der Waals surface area contributed by atoms with E-state index in [1.54, 1.807) is 18.2 Å². The maximum atomic E-state index is 12.8. The monoisotopic (exact) mass is 414 g/mol. The van der Waals surface area contributed by atoms with Crippen molar-refractivity contribution in [2.75, 3.05) is 21.0 Å². The SMILES string of the molecule is COc1cc(OC)cc(C(=O)NC(C(=O)NCc2ccc3c(c2)OCO3)C(C)C)c1. The number of benzene rings is 2. The Hall–Kier alpha value is -3.42. The molecule has 0 bridgehead atoms. The molecule has 0 saturated carbocycles. The third kappa shape index (κ3) is 4.94. The summed E-state index contributed by atoms with van der Waals surface area (Å²) in [6, 6.07) is 9.66. The summed E-state index contributed by atoms with van der Waals surface area (Å²) in [6.07, 6.45) is 0. The van der Waals surface area contributed by atoms with Crippen LogP contribution in [-0.2, 0) is 11.3 Å². The van der Waals surface area contributed by atoms with Crippen LogP contribution < -0.4 is 29.6 Å². The van der Waals surface area contributed by atoms with Crippen LogP contribution in [0.1, 0.15) is 29.8 Å². The van der Waals surface area contributed by atoms with Gasteiger partial charge in [-0.3, -0.25) is 9.59 Å². The highest BCUT2D eigenvalue weighted by molar-refractivity contribution is 5.98. The molecule has 8 nitrogen and oxygen atoms in total. The highest BCUT2D eigenvalue weighted by Crippen LogP contribution is 2.32. The molecule has 1 aliphatic heterocycles. The van der Waals surface area contributed by atoms with E-state index in [0.29, 0.717) is 35.1 Å². The molecule has 0 spiro atoms. The molecule has 2 amide bonds. The predicted octanol–water partition coefficient (Wildman–Crippen LogP) is 2.50. The first-order chi connectivity index (χ1) is 14.4. The van der Waals surface area contributed by atoms with Crippen molar-refractivity contribution in [3.8, 4) is 23.0 Å². The van der Waals surface area contributed by atoms with Crippen molar-refractivity contribution >= 4 is 11.8 Å². The molecule has 30 heavy (non-hydrogen) atoms. The zero-order valence-electron chi connectivity index (χ0n) is 17.5. The van der Waals surface area contributed by atoms with Crippen LogP contribution in [0.2, 0.25) is 0 Å². The molecule has 8 heteroatoms. The van der Waals surface area contributed by atoms with Crippen LogP contribution in [0.15, 0.2) is 36.4 Å². The van der Waals surface area contributed by atoms with E-state index in [1.165, 1.54) is 14.2 Å². The Morgan fingerprint density at radius 1 is 1.00 bits per heavy atom. The molecular formula is C22H26N2O6. The Bertz CT molecular complexity index is 906. The summed E-state index contributed by atoms with van der Waals surface area (Å²) in [7, 11) is 3.02. The Morgan fingerprint density at radius 3 is 2.30 bits per heavy atom. The number of fused-ring (bicyclic) bond motifs is 1. The molecule has 2 aromatic rings. The van der Waals surface area contributed by atoms with E-state index >= 15 is 0 Å². The smallest absolute Gasteiger partial charge is 0.252 e. The zero-order chi connectivity index (χ0) is 21.7. The van der Waals surface area contributed by atoms with Gasteiger partial charge in [0.2, 0.25) is 12.7 Å². The van der Waals surface area contributed by atoms with Crippen molar-refractivity contribution in [3.63, 3.8) is 0 Å². The molecule has 3 rings (SSSR count). The maximum Gasteiger partial charge on any atom is 0.252 e. The zero-order valence-corrected chi connectivity index (χ0v) is 17.5. The second-order valence-electron chi connectivity index (χ2n) is 7.20. The maximum absolute atomic E-state index is 12.8. The van der Waals surface area contributed by atoms with Crippen LogP contribution in [0.3, 0.4) is 0 Å². The van der Waals surface area contributed by atoms with Crippen molar-refractivity contribution in [1.82, 2.24) is 10.6 Å². The highest BCUT2D eigenvalue weighted by atomic mass is 16.7. The van der Waals surface area contributed by atoms with Crippen LogP contribution in [0, 0.1) is 5.92 Å². The van der Waals surface area contributed by atoms with Gasteiger partial charge in [-0.05, 0) is 35.7 Å². The lowest BCUT2D eigenvalue weighted by atomic mass is 10.0. The summed E-state index contributed by atoms with van der Waals surface area (Å²) in [5.74, 6) is 1.56. The topological polar surface area (TPSA) is 95.1 Å². The Kier molecular flexibility index (Phi) is 6.66. The number of hydrogen-bond acceptors (Lipinski definition) is 6. The second kappa shape index (κ2) is 9.39. The summed E-state index contributed by atoms with van der Waals surface area (Å²) < 4.78 is 21.1. The number of methoxy groups -OCH3 is 2. The molecule has 0 radical (unpaired) electrons. The van der Waals surface area contributed by atoms with E-state index in [9.17, 15) is 9.59 Å². The fourth-order valence-corrected chi connectivity index (χ4v) is 3.05. The average Bonchev–Trinajstić information content (AvgIpc) is 3.22. The molecule has 1 atom stereocenters. The quantitative estimate of drug-likeness (QED) is 0.689. The molecule has 0 aromatic heterocycles. The Balaban J connectivity index is 1.66. The average molecular weight is 414 g/mol. The van der Waals surface area contributed by atoms with Gasteiger partial charge in [0.05, 0.1) is 14.2 Å². The minimum Gasteiger partial charge on any atom is -0.497 e. The van der Waals surface area contributed by atoms with Crippen LogP contribution in [0.4, 0.5) is 0 Å². The predicted molar refractivity (Wildman–Crippen MR) is 110 cm³/mol. The lowest BCUT2D eigenvalue weighted by Gasteiger charge is -2.22. The van der Waals surface area contributed by atoms with Gasteiger partial charge in [0, 0.05) is 18.2 Å². The number of carbonyl (C=O) groups excluding carboxylic acids is 2.